The Balaban J connectivity index is 4.57. The topological polar surface area (TPSA) is 38.3 Å². The summed E-state index contributed by atoms with van der Waals surface area (Å²) in [5.41, 5.74) is -0.456. The zero-order chi connectivity index (χ0) is 12.4. The van der Waals surface area contributed by atoms with Gasteiger partial charge in [-0.2, -0.15) is 0 Å². The summed E-state index contributed by atoms with van der Waals surface area (Å²) in [6.45, 7) is 9.49. The molecule has 1 atom stereocenters. The fourth-order valence-electron chi connectivity index (χ4n) is 1.82. The minimum atomic E-state index is -0.456. The third-order valence-corrected chi connectivity index (χ3v) is 2.94. The summed E-state index contributed by atoms with van der Waals surface area (Å²) in [6, 6.07) is 0. The highest BCUT2D eigenvalue weighted by atomic mass is 16.5. The van der Waals surface area contributed by atoms with Crippen molar-refractivity contribution in [1.29, 1.82) is 0 Å². The monoisotopic (exact) mass is 229 g/mol. The van der Waals surface area contributed by atoms with Crippen LogP contribution < -0.4 is 5.32 Å². The van der Waals surface area contributed by atoms with Crippen LogP contribution in [0.5, 0.6) is 0 Å². The average molecular weight is 229 g/mol. The molecular formula is C13H27NO2. The van der Waals surface area contributed by atoms with Gasteiger partial charge in [-0.25, -0.2) is 0 Å². The molecule has 3 nitrogen and oxygen atoms in total. The third kappa shape index (κ3) is 4.52. The fourth-order valence-corrected chi connectivity index (χ4v) is 1.82. The molecule has 0 saturated carbocycles. The van der Waals surface area contributed by atoms with E-state index in [0.29, 0.717) is 6.61 Å². The van der Waals surface area contributed by atoms with Crippen LogP contribution in [0.4, 0.5) is 0 Å². The minimum absolute atomic E-state index is 0.0839. The Morgan fingerprint density at radius 3 is 2.31 bits per heavy atom. The first-order valence-corrected chi connectivity index (χ1v) is 6.59. The lowest BCUT2D eigenvalue weighted by atomic mass is 9.89. The molecule has 16 heavy (non-hydrogen) atoms. The number of nitrogens with one attached hydrogen (secondary N) is 1. The van der Waals surface area contributed by atoms with Crippen molar-refractivity contribution >= 4 is 5.97 Å². The molecule has 0 radical (unpaired) electrons. The first kappa shape index (κ1) is 15.4. The summed E-state index contributed by atoms with van der Waals surface area (Å²) in [5, 5.41) is 3.38. The van der Waals surface area contributed by atoms with Gasteiger partial charge in [0.15, 0.2) is 0 Å². The van der Waals surface area contributed by atoms with E-state index in [1.165, 1.54) is 0 Å². The molecule has 0 aromatic heterocycles. The second-order valence-electron chi connectivity index (χ2n) is 4.19. The second-order valence-corrected chi connectivity index (χ2v) is 4.19. The Kier molecular flexibility index (Phi) is 8.26. The molecule has 0 aliphatic carbocycles. The Hall–Kier alpha value is -0.570. The number of hydrogen-bond donors (Lipinski definition) is 1. The highest BCUT2D eigenvalue weighted by molar-refractivity contribution is 5.80. The SMILES string of the molecule is CCCCC(CC)(NCCC)C(=O)OCC. The van der Waals surface area contributed by atoms with Gasteiger partial charge in [-0.15, -0.1) is 0 Å². The van der Waals surface area contributed by atoms with Gasteiger partial charge in [0.25, 0.3) is 0 Å². The molecule has 0 aliphatic rings. The Bertz CT molecular complexity index is 184. The fraction of sp³-hybridized carbons (Fsp3) is 0.923. The van der Waals surface area contributed by atoms with Gasteiger partial charge in [0.1, 0.15) is 5.54 Å². The minimum Gasteiger partial charge on any atom is -0.465 e. The van der Waals surface area contributed by atoms with E-state index in [0.717, 1.165) is 38.6 Å². The molecule has 0 rings (SSSR count). The van der Waals surface area contributed by atoms with Gasteiger partial charge < -0.3 is 10.1 Å². The Labute approximate surface area is 99.9 Å². The van der Waals surface area contributed by atoms with Gasteiger partial charge in [0.05, 0.1) is 6.61 Å². The summed E-state index contributed by atoms with van der Waals surface area (Å²) in [5.74, 6) is -0.0839. The first-order valence-electron chi connectivity index (χ1n) is 6.59. The van der Waals surface area contributed by atoms with Crippen LogP contribution in [0.1, 0.15) is 59.8 Å². The summed E-state index contributed by atoms with van der Waals surface area (Å²) in [4.78, 5) is 12.0. The number of ether oxygens (including phenoxy) is 1. The molecule has 0 amide bonds. The van der Waals surface area contributed by atoms with Gasteiger partial charge in [-0.05, 0) is 32.7 Å². The van der Waals surface area contributed by atoms with E-state index in [-0.39, 0.29) is 5.97 Å². The van der Waals surface area contributed by atoms with Gasteiger partial charge >= 0.3 is 5.97 Å². The van der Waals surface area contributed by atoms with Gasteiger partial charge in [0.2, 0.25) is 0 Å². The summed E-state index contributed by atoms with van der Waals surface area (Å²) < 4.78 is 5.19. The number of unbranched alkanes of at least 4 members (excludes halogenated alkanes) is 1. The van der Waals surface area contributed by atoms with Crippen LogP contribution >= 0.6 is 0 Å². The quantitative estimate of drug-likeness (QED) is 0.618. The molecular weight excluding hydrogens is 202 g/mol. The maximum Gasteiger partial charge on any atom is 0.326 e. The maximum absolute atomic E-state index is 12.0. The van der Waals surface area contributed by atoms with Crippen LogP contribution in [-0.2, 0) is 9.53 Å². The third-order valence-electron chi connectivity index (χ3n) is 2.94. The normalized spacial score (nSPS) is 14.5. The number of hydrogen-bond acceptors (Lipinski definition) is 3. The zero-order valence-corrected chi connectivity index (χ0v) is 11.3. The smallest absolute Gasteiger partial charge is 0.326 e. The van der Waals surface area contributed by atoms with Crippen molar-refractivity contribution in [2.45, 2.75) is 65.3 Å². The van der Waals surface area contributed by atoms with E-state index >= 15 is 0 Å². The van der Waals surface area contributed by atoms with E-state index in [1.807, 2.05) is 6.92 Å². The van der Waals surface area contributed by atoms with Crippen molar-refractivity contribution in [3.05, 3.63) is 0 Å². The maximum atomic E-state index is 12.0. The summed E-state index contributed by atoms with van der Waals surface area (Å²) in [7, 11) is 0. The molecule has 0 aromatic rings. The lowest BCUT2D eigenvalue weighted by Gasteiger charge is -2.31. The molecule has 1 N–H and O–H groups in total. The van der Waals surface area contributed by atoms with Crippen molar-refractivity contribution in [2.75, 3.05) is 13.2 Å². The molecule has 0 spiro atoms. The molecule has 1 unspecified atom stereocenters. The molecule has 3 heteroatoms. The van der Waals surface area contributed by atoms with E-state index in [4.69, 9.17) is 4.74 Å². The van der Waals surface area contributed by atoms with Crippen LogP contribution in [0.3, 0.4) is 0 Å². The molecule has 0 fully saturated rings. The Morgan fingerprint density at radius 2 is 1.88 bits per heavy atom. The van der Waals surface area contributed by atoms with Crippen LogP contribution in [0.2, 0.25) is 0 Å². The molecule has 0 heterocycles. The Morgan fingerprint density at radius 1 is 1.19 bits per heavy atom. The van der Waals surface area contributed by atoms with Crippen molar-refractivity contribution < 1.29 is 9.53 Å². The van der Waals surface area contributed by atoms with Gasteiger partial charge in [0, 0.05) is 0 Å². The van der Waals surface area contributed by atoms with Crippen molar-refractivity contribution in [3.63, 3.8) is 0 Å². The molecule has 0 bridgehead atoms. The summed E-state index contributed by atoms with van der Waals surface area (Å²) >= 11 is 0. The lowest BCUT2D eigenvalue weighted by molar-refractivity contribution is -0.152. The number of rotatable bonds is 9. The number of carbonyl (C=O) groups is 1. The van der Waals surface area contributed by atoms with E-state index in [9.17, 15) is 4.79 Å². The van der Waals surface area contributed by atoms with Gasteiger partial charge in [-0.1, -0.05) is 33.6 Å². The largest absolute Gasteiger partial charge is 0.465 e. The average Bonchev–Trinajstić information content (AvgIpc) is 2.30. The van der Waals surface area contributed by atoms with Crippen molar-refractivity contribution in [1.82, 2.24) is 5.32 Å². The van der Waals surface area contributed by atoms with Crippen LogP contribution in [0.15, 0.2) is 0 Å². The number of carbonyl (C=O) groups excluding carboxylic acids is 1. The van der Waals surface area contributed by atoms with Gasteiger partial charge in [-0.3, -0.25) is 4.79 Å². The highest BCUT2D eigenvalue weighted by Gasteiger charge is 2.36. The molecule has 0 aliphatic heterocycles. The van der Waals surface area contributed by atoms with E-state index in [1.54, 1.807) is 0 Å². The van der Waals surface area contributed by atoms with Crippen molar-refractivity contribution in [2.24, 2.45) is 0 Å². The first-order chi connectivity index (χ1) is 7.66. The van der Waals surface area contributed by atoms with Crippen molar-refractivity contribution in [3.8, 4) is 0 Å². The zero-order valence-electron chi connectivity index (χ0n) is 11.3. The standard InChI is InChI=1S/C13H27NO2/c1-5-9-10-13(7-3,14-11-6-2)12(15)16-8-4/h14H,5-11H2,1-4H3. The van der Waals surface area contributed by atoms with Crippen LogP contribution in [-0.4, -0.2) is 24.7 Å². The number of esters is 1. The predicted octanol–water partition coefficient (Wildman–Crippen LogP) is 2.89. The van der Waals surface area contributed by atoms with E-state index in [2.05, 4.69) is 26.1 Å². The molecule has 0 aromatic carbocycles. The molecule has 0 saturated heterocycles. The van der Waals surface area contributed by atoms with Crippen LogP contribution in [0, 0.1) is 0 Å². The second kappa shape index (κ2) is 8.57. The summed E-state index contributed by atoms with van der Waals surface area (Å²) in [6.07, 6.45) is 4.87. The highest BCUT2D eigenvalue weighted by Crippen LogP contribution is 2.20. The lowest BCUT2D eigenvalue weighted by Crippen LogP contribution is -2.52. The van der Waals surface area contributed by atoms with E-state index < -0.39 is 5.54 Å². The predicted molar refractivity (Wildman–Crippen MR) is 67.5 cm³/mol. The molecule has 96 valence electrons. The van der Waals surface area contributed by atoms with Crippen LogP contribution in [0.25, 0.3) is 0 Å².